The minimum absolute atomic E-state index is 0.303. The first kappa shape index (κ1) is 17.9. The molecular formula is C24H20F2. The van der Waals surface area contributed by atoms with E-state index >= 15 is 0 Å². The number of unbranched alkanes of at least 4 members (excludes halogenated alkanes) is 1. The SMILES string of the molecule is CCCCc1ccc(-c2ccc(C#Cc3cccc(F)c3)c(F)c2)cc1. The molecule has 0 aromatic heterocycles. The van der Waals surface area contributed by atoms with Crippen molar-refractivity contribution < 1.29 is 8.78 Å². The Labute approximate surface area is 153 Å². The number of aryl methyl sites for hydroxylation is 1. The van der Waals surface area contributed by atoms with Crippen molar-refractivity contribution in [2.45, 2.75) is 26.2 Å². The largest absolute Gasteiger partial charge is 0.207 e. The topological polar surface area (TPSA) is 0 Å². The molecular weight excluding hydrogens is 326 g/mol. The number of rotatable bonds is 4. The van der Waals surface area contributed by atoms with Crippen LogP contribution in [0.3, 0.4) is 0 Å². The summed E-state index contributed by atoms with van der Waals surface area (Å²) in [7, 11) is 0. The van der Waals surface area contributed by atoms with Gasteiger partial charge in [0.05, 0.1) is 5.56 Å². The average Bonchev–Trinajstić information content (AvgIpc) is 2.66. The van der Waals surface area contributed by atoms with Crippen LogP contribution in [0.2, 0.25) is 0 Å². The Morgan fingerprint density at radius 2 is 1.58 bits per heavy atom. The predicted octanol–water partition coefficient (Wildman–Crippen LogP) is 6.37. The molecule has 0 radical (unpaired) electrons. The van der Waals surface area contributed by atoms with Crippen molar-refractivity contribution in [3.63, 3.8) is 0 Å². The molecule has 0 N–H and O–H groups in total. The minimum atomic E-state index is -0.374. The molecule has 3 aromatic rings. The Kier molecular flexibility index (Phi) is 5.81. The summed E-state index contributed by atoms with van der Waals surface area (Å²) >= 11 is 0. The molecule has 2 heteroatoms. The van der Waals surface area contributed by atoms with Gasteiger partial charge in [-0.25, -0.2) is 8.78 Å². The van der Waals surface area contributed by atoms with Gasteiger partial charge in [0.1, 0.15) is 11.6 Å². The van der Waals surface area contributed by atoms with Crippen LogP contribution in [0, 0.1) is 23.5 Å². The highest BCUT2D eigenvalue weighted by Gasteiger charge is 2.04. The van der Waals surface area contributed by atoms with Crippen molar-refractivity contribution in [2.24, 2.45) is 0 Å². The molecule has 3 aromatic carbocycles. The third-order valence-electron chi connectivity index (χ3n) is 4.24. The summed E-state index contributed by atoms with van der Waals surface area (Å²) < 4.78 is 27.6. The molecule has 0 amide bonds. The minimum Gasteiger partial charge on any atom is -0.207 e. The molecule has 0 heterocycles. The highest BCUT2D eigenvalue weighted by Crippen LogP contribution is 2.23. The Balaban J connectivity index is 1.79. The molecule has 0 bridgehead atoms. The lowest BCUT2D eigenvalue weighted by Crippen LogP contribution is -1.88. The van der Waals surface area contributed by atoms with E-state index in [0.29, 0.717) is 11.1 Å². The highest BCUT2D eigenvalue weighted by atomic mass is 19.1. The van der Waals surface area contributed by atoms with Gasteiger partial charge in [-0.05, 0) is 59.9 Å². The van der Waals surface area contributed by atoms with Gasteiger partial charge < -0.3 is 0 Å². The van der Waals surface area contributed by atoms with Crippen LogP contribution >= 0.6 is 0 Å². The third-order valence-corrected chi connectivity index (χ3v) is 4.24. The van der Waals surface area contributed by atoms with Gasteiger partial charge >= 0.3 is 0 Å². The smallest absolute Gasteiger partial charge is 0.139 e. The van der Waals surface area contributed by atoms with E-state index in [1.807, 2.05) is 18.2 Å². The summed E-state index contributed by atoms with van der Waals surface area (Å²) in [6.45, 7) is 2.18. The lowest BCUT2D eigenvalue weighted by molar-refractivity contribution is 0.625. The van der Waals surface area contributed by atoms with Crippen LogP contribution in [-0.4, -0.2) is 0 Å². The van der Waals surface area contributed by atoms with Gasteiger partial charge in [0.15, 0.2) is 0 Å². The molecule has 0 spiro atoms. The molecule has 0 atom stereocenters. The van der Waals surface area contributed by atoms with Crippen LogP contribution in [0.15, 0.2) is 66.7 Å². The molecule has 130 valence electrons. The zero-order valence-electron chi connectivity index (χ0n) is 14.7. The fraction of sp³-hybridized carbons (Fsp3) is 0.167. The maximum absolute atomic E-state index is 14.4. The van der Waals surface area contributed by atoms with Gasteiger partial charge in [-0.2, -0.15) is 0 Å². The van der Waals surface area contributed by atoms with Gasteiger partial charge in [0.25, 0.3) is 0 Å². The van der Waals surface area contributed by atoms with E-state index in [9.17, 15) is 8.78 Å². The molecule has 3 rings (SSSR count). The summed E-state index contributed by atoms with van der Waals surface area (Å²) in [4.78, 5) is 0. The molecule has 0 aliphatic rings. The number of hydrogen-bond acceptors (Lipinski definition) is 0. The Morgan fingerprint density at radius 1 is 0.808 bits per heavy atom. The summed E-state index contributed by atoms with van der Waals surface area (Å²) in [5.41, 5.74) is 3.93. The standard InChI is InChI=1S/C24H20F2/c1-2-3-5-18-8-11-20(12-9-18)22-15-14-21(24(26)17-22)13-10-19-6-4-7-23(25)16-19/h4,6-9,11-12,14-17H,2-3,5H2,1H3. The van der Waals surface area contributed by atoms with Crippen molar-refractivity contribution in [2.75, 3.05) is 0 Å². The Hall–Kier alpha value is -2.92. The second kappa shape index (κ2) is 8.45. The van der Waals surface area contributed by atoms with Gasteiger partial charge in [-0.1, -0.05) is 61.6 Å². The lowest BCUT2D eigenvalue weighted by atomic mass is 10.0. The quantitative estimate of drug-likeness (QED) is 0.481. The maximum atomic E-state index is 14.4. The monoisotopic (exact) mass is 346 g/mol. The van der Waals surface area contributed by atoms with E-state index in [2.05, 4.69) is 30.9 Å². The fourth-order valence-electron chi connectivity index (χ4n) is 2.75. The van der Waals surface area contributed by atoms with Crippen molar-refractivity contribution in [3.8, 4) is 23.0 Å². The van der Waals surface area contributed by atoms with Crippen molar-refractivity contribution in [3.05, 3.63) is 95.1 Å². The predicted molar refractivity (Wildman–Crippen MR) is 103 cm³/mol. The summed E-state index contributed by atoms with van der Waals surface area (Å²) in [6, 6.07) is 19.2. The zero-order chi connectivity index (χ0) is 18.4. The number of benzene rings is 3. The van der Waals surface area contributed by atoms with Gasteiger partial charge in [0, 0.05) is 5.56 Å². The molecule has 0 saturated heterocycles. The first-order valence-corrected chi connectivity index (χ1v) is 8.82. The van der Waals surface area contributed by atoms with Crippen LogP contribution in [-0.2, 0) is 6.42 Å². The number of halogens is 2. The van der Waals surface area contributed by atoms with E-state index in [1.165, 1.54) is 36.6 Å². The second-order valence-corrected chi connectivity index (χ2v) is 6.26. The summed E-state index contributed by atoms with van der Waals surface area (Å²) in [5, 5.41) is 0. The summed E-state index contributed by atoms with van der Waals surface area (Å²) in [5.74, 6) is 4.85. The molecule has 0 nitrogen and oxygen atoms in total. The summed E-state index contributed by atoms with van der Waals surface area (Å²) in [6.07, 6.45) is 3.41. The molecule has 0 fully saturated rings. The molecule has 0 saturated carbocycles. The van der Waals surface area contributed by atoms with Crippen LogP contribution in [0.5, 0.6) is 0 Å². The Morgan fingerprint density at radius 3 is 2.27 bits per heavy atom. The van der Waals surface area contributed by atoms with Crippen molar-refractivity contribution in [1.82, 2.24) is 0 Å². The van der Waals surface area contributed by atoms with Gasteiger partial charge in [-0.15, -0.1) is 0 Å². The molecule has 0 unspecified atom stereocenters. The van der Waals surface area contributed by atoms with E-state index in [0.717, 1.165) is 17.5 Å². The fourth-order valence-corrected chi connectivity index (χ4v) is 2.75. The van der Waals surface area contributed by atoms with E-state index in [-0.39, 0.29) is 11.6 Å². The molecule has 0 aliphatic heterocycles. The lowest BCUT2D eigenvalue weighted by Gasteiger charge is -2.05. The average molecular weight is 346 g/mol. The van der Waals surface area contributed by atoms with Crippen LogP contribution in [0.4, 0.5) is 8.78 Å². The molecule has 0 aliphatic carbocycles. The van der Waals surface area contributed by atoms with Gasteiger partial charge in [-0.3, -0.25) is 0 Å². The van der Waals surface area contributed by atoms with Crippen molar-refractivity contribution in [1.29, 1.82) is 0 Å². The first-order chi connectivity index (χ1) is 12.7. The van der Waals surface area contributed by atoms with Crippen molar-refractivity contribution >= 4 is 0 Å². The highest BCUT2D eigenvalue weighted by molar-refractivity contribution is 5.65. The van der Waals surface area contributed by atoms with Gasteiger partial charge in [0.2, 0.25) is 0 Å². The molecule has 26 heavy (non-hydrogen) atoms. The van der Waals surface area contributed by atoms with E-state index in [1.54, 1.807) is 18.2 Å². The van der Waals surface area contributed by atoms with Crippen LogP contribution < -0.4 is 0 Å². The van der Waals surface area contributed by atoms with Crippen LogP contribution in [0.1, 0.15) is 36.5 Å². The normalized spacial score (nSPS) is 10.3. The maximum Gasteiger partial charge on any atom is 0.139 e. The first-order valence-electron chi connectivity index (χ1n) is 8.82. The van der Waals surface area contributed by atoms with E-state index in [4.69, 9.17) is 0 Å². The zero-order valence-corrected chi connectivity index (χ0v) is 14.7. The second-order valence-electron chi connectivity index (χ2n) is 6.26. The Bertz CT molecular complexity index is 944. The number of hydrogen-bond donors (Lipinski definition) is 0. The van der Waals surface area contributed by atoms with Crippen LogP contribution in [0.25, 0.3) is 11.1 Å². The van der Waals surface area contributed by atoms with E-state index < -0.39 is 0 Å². The third kappa shape index (κ3) is 4.58.